The van der Waals surface area contributed by atoms with Crippen molar-refractivity contribution >= 4 is 41.2 Å². The highest BCUT2D eigenvalue weighted by atomic mass is 35.5. The summed E-state index contributed by atoms with van der Waals surface area (Å²) in [6.07, 6.45) is 7.89. The number of fused-ring (bicyclic) bond motifs is 3. The number of rotatable bonds is 2. The van der Waals surface area contributed by atoms with Crippen molar-refractivity contribution in [2.75, 3.05) is 0 Å². The lowest BCUT2D eigenvalue weighted by Crippen LogP contribution is -2.21. The molecular weight excluding hydrogens is 375 g/mol. The van der Waals surface area contributed by atoms with E-state index in [2.05, 4.69) is 46.4 Å². The van der Waals surface area contributed by atoms with Crippen molar-refractivity contribution in [3.05, 3.63) is 98.6 Å². The van der Waals surface area contributed by atoms with Crippen LogP contribution in [0.4, 0.5) is 5.69 Å². The second kappa shape index (κ2) is 6.49. The summed E-state index contributed by atoms with van der Waals surface area (Å²) >= 11 is 12.6. The van der Waals surface area contributed by atoms with Crippen molar-refractivity contribution in [3.63, 3.8) is 0 Å². The average Bonchev–Trinajstić information content (AvgIpc) is 3.17. The number of allylic oxidation sites excluding steroid dienone is 1. The van der Waals surface area contributed by atoms with E-state index >= 15 is 0 Å². The smallest absolute Gasteiger partial charge is 0.0765 e. The summed E-state index contributed by atoms with van der Waals surface area (Å²) in [5, 5.41) is 3.37. The van der Waals surface area contributed by atoms with Crippen LogP contribution in [0.3, 0.4) is 0 Å². The van der Waals surface area contributed by atoms with Gasteiger partial charge in [-0.3, -0.25) is 9.98 Å². The fourth-order valence-corrected chi connectivity index (χ4v) is 4.30. The van der Waals surface area contributed by atoms with E-state index in [1.165, 1.54) is 5.56 Å². The summed E-state index contributed by atoms with van der Waals surface area (Å²) in [6, 6.07) is 18.1. The molecular formula is C23H14Cl2N2. The van der Waals surface area contributed by atoms with Crippen molar-refractivity contribution in [3.8, 4) is 11.1 Å². The molecule has 27 heavy (non-hydrogen) atoms. The summed E-state index contributed by atoms with van der Waals surface area (Å²) in [7, 11) is 0. The van der Waals surface area contributed by atoms with Gasteiger partial charge in [0.1, 0.15) is 0 Å². The second-order valence-corrected chi connectivity index (χ2v) is 7.38. The standard InChI is InChI=1S/C23H14Cl2N2/c24-15-6-7-18(20(25)13-15)16-3-1-2-4-17(16)19-10-12-26-21-8-5-14-9-11-27-23(14)22(19)21/h1-13,19H. The third kappa shape index (κ3) is 2.73. The minimum absolute atomic E-state index is 0.0547. The first-order chi connectivity index (χ1) is 13.2. The normalized spacial score (nSPS) is 16.4. The van der Waals surface area contributed by atoms with E-state index in [-0.39, 0.29) is 5.92 Å². The van der Waals surface area contributed by atoms with Crippen LogP contribution in [0.15, 0.2) is 76.9 Å². The van der Waals surface area contributed by atoms with E-state index in [9.17, 15) is 0 Å². The van der Waals surface area contributed by atoms with E-state index in [1.807, 2.05) is 36.7 Å². The molecule has 130 valence electrons. The largest absolute Gasteiger partial charge is 0.257 e. The van der Waals surface area contributed by atoms with Crippen LogP contribution in [0, 0.1) is 0 Å². The summed E-state index contributed by atoms with van der Waals surface area (Å²) in [5.74, 6) is 0.0547. The van der Waals surface area contributed by atoms with Crippen LogP contribution < -0.4 is 10.6 Å². The Morgan fingerprint density at radius 2 is 1.78 bits per heavy atom. The Hall–Kier alpha value is -2.68. The van der Waals surface area contributed by atoms with Gasteiger partial charge in [0.05, 0.1) is 11.0 Å². The van der Waals surface area contributed by atoms with E-state index in [4.69, 9.17) is 23.2 Å². The van der Waals surface area contributed by atoms with Crippen molar-refractivity contribution in [1.29, 1.82) is 0 Å². The molecule has 3 aromatic rings. The van der Waals surface area contributed by atoms with Gasteiger partial charge in [-0.1, -0.05) is 65.7 Å². The van der Waals surface area contributed by atoms with Gasteiger partial charge in [0.15, 0.2) is 0 Å². The summed E-state index contributed by atoms with van der Waals surface area (Å²) in [5.41, 5.74) is 5.37. The van der Waals surface area contributed by atoms with Crippen LogP contribution in [0.2, 0.25) is 10.0 Å². The lowest BCUT2D eigenvalue weighted by molar-refractivity contribution is 0.965. The van der Waals surface area contributed by atoms with Crippen LogP contribution in [-0.2, 0) is 0 Å². The third-order valence-electron chi connectivity index (χ3n) is 5.00. The molecule has 0 aliphatic carbocycles. The molecule has 0 fully saturated rings. The molecule has 2 aliphatic rings. The molecule has 2 nitrogen and oxygen atoms in total. The van der Waals surface area contributed by atoms with Gasteiger partial charge in [-0.15, -0.1) is 0 Å². The van der Waals surface area contributed by atoms with Crippen LogP contribution in [-0.4, -0.2) is 6.21 Å². The van der Waals surface area contributed by atoms with E-state index < -0.39 is 0 Å². The lowest BCUT2D eigenvalue weighted by atomic mass is 9.84. The van der Waals surface area contributed by atoms with Gasteiger partial charge in [-0.2, -0.15) is 0 Å². The van der Waals surface area contributed by atoms with Gasteiger partial charge in [0, 0.05) is 44.7 Å². The van der Waals surface area contributed by atoms with Gasteiger partial charge in [0.25, 0.3) is 0 Å². The number of nitrogens with zero attached hydrogens (tertiary/aromatic N) is 2. The number of aliphatic imine (C=N–C) groups is 1. The van der Waals surface area contributed by atoms with Crippen LogP contribution >= 0.6 is 23.2 Å². The highest BCUT2D eigenvalue weighted by Gasteiger charge is 2.24. The fraction of sp³-hybridized carbons (Fsp3) is 0.0435. The first-order valence-corrected chi connectivity index (χ1v) is 9.44. The Morgan fingerprint density at radius 1 is 0.889 bits per heavy atom. The number of halogens is 2. The van der Waals surface area contributed by atoms with Crippen molar-refractivity contribution < 1.29 is 0 Å². The van der Waals surface area contributed by atoms with Crippen LogP contribution in [0.5, 0.6) is 0 Å². The lowest BCUT2D eigenvalue weighted by Gasteiger charge is -2.22. The third-order valence-corrected chi connectivity index (χ3v) is 5.55. The molecule has 0 bridgehead atoms. The molecule has 0 saturated heterocycles. The molecule has 0 radical (unpaired) electrons. The van der Waals surface area contributed by atoms with Crippen LogP contribution in [0.25, 0.3) is 17.2 Å². The number of hydrogen-bond donors (Lipinski definition) is 0. The topological polar surface area (TPSA) is 24.7 Å². The summed E-state index contributed by atoms with van der Waals surface area (Å²) in [4.78, 5) is 9.17. The monoisotopic (exact) mass is 388 g/mol. The Labute approximate surface area is 166 Å². The highest BCUT2D eigenvalue weighted by Crippen LogP contribution is 2.39. The first kappa shape index (κ1) is 16.5. The van der Waals surface area contributed by atoms with Gasteiger partial charge in [0.2, 0.25) is 0 Å². The van der Waals surface area contributed by atoms with Crippen molar-refractivity contribution in [1.82, 2.24) is 0 Å². The zero-order chi connectivity index (χ0) is 18.4. The minimum atomic E-state index is 0.0547. The fourth-order valence-electron chi connectivity index (χ4n) is 3.79. The summed E-state index contributed by atoms with van der Waals surface area (Å²) < 4.78 is 0. The number of benzene rings is 3. The Bertz CT molecular complexity index is 1260. The maximum atomic E-state index is 6.52. The Balaban J connectivity index is 1.75. The predicted octanol–water partition coefficient (Wildman–Crippen LogP) is 5.44. The Kier molecular flexibility index (Phi) is 3.96. The predicted molar refractivity (Wildman–Crippen MR) is 113 cm³/mol. The molecule has 2 aliphatic heterocycles. The Morgan fingerprint density at radius 3 is 2.67 bits per heavy atom. The van der Waals surface area contributed by atoms with E-state index in [0.29, 0.717) is 10.0 Å². The molecule has 3 aromatic carbocycles. The maximum Gasteiger partial charge on any atom is 0.0765 e. The second-order valence-electron chi connectivity index (χ2n) is 6.54. The minimum Gasteiger partial charge on any atom is -0.257 e. The number of hydrogen-bond acceptors (Lipinski definition) is 2. The molecule has 0 spiro atoms. The average molecular weight is 389 g/mol. The highest BCUT2D eigenvalue weighted by molar-refractivity contribution is 6.36. The molecule has 0 N–H and O–H groups in total. The van der Waals surface area contributed by atoms with Gasteiger partial charge in [-0.25, -0.2) is 0 Å². The zero-order valence-electron chi connectivity index (χ0n) is 14.2. The van der Waals surface area contributed by atoms with E-state index in [0.717, 1.165) is 33.0 Å². The summed E-state index contributed by atoms with van der Waals surface area (Å²) in [6.45, 7) is 0. The molecule has 4 heteroatoms. The first-order valence-electron chi connectivity index (χ1n) is 8.68. The molecule has 0 aromatic heterocycles. The maximum absolute atomic E-state index is 6.52. The van der Waals surface area contributed by atoms with E-state index in [1.54, 1.807) is 6.07 Å². The molecule has 1 unspecified atom stereocenters. The zero-order valence-corrected chi connectivity index (χ0v) is 15.7. The molecule has 0 amide bonds. The van der Waals surface area contributed by atoms with Crippen molar-refractivity contribution in [2.24, 2.45) is 9.98 Å². The molecule has 1 atom stereocenters. The molecule has 5 rings (SSSR count). The van der Waals surface area contributed by atoms with Gasteiger partial charge < -0.3 is 0 Å². The van der Waals surface area contributed by atoms with Crippen molar-refractivity contribution in [2.45, 2.75) is 5.92 Å². The van der Waals surface area contributed by atoms with Crippen LogP contribution in [0.1, 0.15) is 17.0 Å². The van der Waals surface area contributed by atoms with Gasteiger partial charge in [-0.05, 0) is 35.4 Å². The van der Waals surface area contributed by atoms with Gasteiger partial charge >= 0.3 is 0 Å². The molecule has 0 saturated carbocycles. The quantitative estimate of drug-likeness (QED) is 0.558. The SMILES string of the molecule is Clc1ccc(-c2ccccc2C2C=CN=c3ccc4c(c32)N=CC=4)c(Cl)c1. The molecule has 2 heterocycles.